The number of benzene rings is 1. The van der Waals surface area contributed by atoms with Crippen LogP contribution in [0.15, 0.2) is 29.2 Å². The van der Waals surface area contributed by atoms with E-state index in [1.165, 1.54) is 30.0 Å². The van der Waals surface area contributed by atoms with Crippen molar-refractivity contribution in [2.24, 2.45) is 17.8 Å². The summed E-state index contributed by atoms with van der Waals surface area (Å²) in [7, 11) is -1.74. The summed E-state index contributed by atoms with van der Waals surface area (Å²) in [6, 6.07) is 7.02. The van der Waals surface area contributed by atoms with E-state index in [1.54, 1.807) is 25.2 Å². The maximum absolute atomic E-state index is 12.8. The first-order valence-electron chi connectivity index (χ1n) is 7.62. The summed E-state index contributed by atoms with van der Waals surface area (Å²) in [5, 5.41) is 0. The van der Waals surface area contributed by atoms with Gasteiger partial charge in [-0.15, -0.1) is 11.6 Å². The van der Waals surface area contributed by atoms with Crippen molar-refractivity contribution in [3.05, 3.63) is 29.8 Å². The number of alkyl halides is 1. The number of hydrogen-bond acceptors (Lipinski definition) is 2. The minimum Gasteiger partial charge on any atom is -0.207 e. The molecule has 5 heteroatoms. The second-order valence-electron chi connectivity index (χ2n) is 6.46. The molecule has 0 aliphatic heterocycles. The summed E-state index contributed by atoms with van der Waals surface area (Å²) in [6.45, 7) is 0.639. The molecular weight excluding hydrogens is 306 g/mol. The number of rotatable bonds is 5. The molecule has 2 aliphatic rings. The number of fused-ring (bicyclic) bond motifs is 2. The third-order valence-corrected chi connectivity index (χ3v) is 7.39. The lowest BCUT2D eigenvalue weighted by Crippen LogP contribution is -2.34. The zero-order chi connectivity index (χ0) is 15.0. The van der Waals surface area contributed by atoms with E-state index in [0.29, 0.717) is 22.9 Å². The van der Waals surface area contributed by atoms with Crippen LogP contribution in [-0.2, 0) is 15.9 Å². The first kappa shape index (κ1) is 15.3. The fraction of sp³-hybridized carbons (Fsp3) is 0.625. The molecule has 1 aromatic carbocycles. The van der Waals surface area contributed by atoms with Gasteiger partial charge in [-0.2, -0.15) is 0 Å². The average Bonchev–Trinajstić information content (AvgIpc) is 3.09. The molecule has 2 saturated carbocycles. The molecule has 21 heavy (non-hydrogen) atoms. The van der Waals surface area contributed by atoms with Crippen LogP contribution in [0.5, 0.6) is 0 Å². The molecule has 2 aliphatic carbocycles. The van der Waals surface area contributed by atoms with Crippen LogP contribution in [0.4, 0.5) is 0 Å². The molecule has 0 heterocycles. The van der Waals surface area contributed by atoms with Gasteiger partial charge in [-0.1, -0.05) is 24.6 Å². The molecule has 3 atom stereocenters. The highest BCUT2D eigenvalue weighted by atomic mass is 35.5. The SMILES string of the molecule is CN(CC1CC2CCC1C2)S(=O)(=O)c1ccccc1CCl. The second-order valence-corrected chi connectivity index (χ2v) is 8.74. The summed E-state index contributed by atoms with van der Waals surface area (Å²) >= 11 is 5.88. The molecular formula is C16H22ClNO2S. The van der Waals surface area contributed by atoms with E-state index in [-0.39, 0.29) is 5.88 Å². The Morgan fingerprint density at radius 3 is 2.62 bits per heavy atom. The summed E-state index contributed by atoms with van der Waals surface area (Å²) in [5.74, 6) is 2.33. The first-order chi connectivity index (χ1) is 10.0. The van der Waals surface area contributed by atoms with Gasteiger partial charge in [0.2, 0.25) is 10.0 Å². The molecule has 3 rings (SSSR count). The molecule has 3 unspecified atom stereocenters. The zero-order valence-electron chi connectivity index (χ0n) is 12.3. The maximum Gasteiger partial charge on any atom is 0.243 e. The topological polar surface area (TPSA) is 37.4 Å². The van der Waals surface area contributed by atoms with Crippen molar-refractivity contribution in [3.63, 3.8) is 0 Å². The van der Waals surface area contributed by atoms with E-state index in [1.807, 2.05) is 6.07 Å². The third-order valence-electron chi connectivity index (χ3n) is 5.18. The van der Waals surface area contributed by atoms with Crippen molar-refractivity contribution >= 4 is 21.6 Å². The monoisotopic (exact) mass is 327 g/mol. The van der Waals surface area contributed by atoms with Crippen molar-refractivity contribution < 1.29 is 8.42 Å². The molecule has 2 bridgehead atoms. The normalized spacial score (nSPS) is 28.4. The highest BCUT2D eigenvalue weighted by Gasteiger charge is 2.41. The van der Waals surface area contributed by atoms with Gasteiger partial charge in [0.05, 0.1) is 4.90 Å². The van der Waals surface area contributed by atoms with E-state index in [9.17, 15) is 8.42 Å². The van der Waals surface area contributed by atoms with Gasteiger partial charge in [0.15, 0.2) is 0 Å². The molecule has 0 spiro atoms. The predicted octanol–water partition coefficient (Wildman–Crippen LogP) is 3.48. The van der Waals surface area contributed by atoms with Crippen LogP contribution in [0.3, 0.4) is 0 Å². The molecule has 116 valence electrons. The standard InChI is InChI=1S/C16H22ClNO2S/c1-18(11-15-9-12-6-7-13(15)8-12)21(19,20)16-5-3-2-4-14(16)10-17/h2-5,12-13,15H,6-11H2,1H3. The minimum atomic E-state index is -3.44. The Balaban J connectivity index is 1.78. The molecule has 0 saturated heterocycles. The van der Waals surface area contributed by atoms with Gasteiger partial charge in [0.1, 0.15) is 0 Å². The molecule has 1 aromatic rings. The van der Waals surface area contributed by atoms with Crippen LogP contribution in [0.1, 0.15) is 31.2 Å². The summed E-state index contributed by atoms with van der Waals surface area (Å²) in [4.78, 5) is 0.352. The van der Waals surface area contributed by atoms with Crippen LogP contribution in [0, 0.1) is 17.8 Å². The highest BCUT2D eigenvalue weighted by molar-refractivity contribution is 7.89. The second kappa shape index (κ2) is 5.90. The van der Waals surface area contributed by atoms with Crippen LogP contribution in [0.25, 0.3) is 0 Å². The fourth-order valence-corrected chi connectivity index (χ4v) is 5.82. The van der Waals surface area contributed by atoms with Gasteiger partial charge in [0.25, 0.3) is 0 Å². The number of nitrogens with zero attached hydrogens (tertiary/aromatic N) is 1. The predicted molar refractivity (Wildman–Crippen MR) is 84.8 cm³/mol. The Bertz CT molecular complexity index is 616. The Kier molecular flexibility index (Phi) is 4.30. The van der Waals surface area contributed by atoms with Crippen LogP contribution in [0.2, 0.25) is 0 Å². The van der Waals surface area contributed by atoms with Gasteiger partial charge >= 0.3 is 0 Å². The fourth-order valence-electron chi connectivity index (χ4n) is 4.06. The van der Waals surface area contributed by atoms with Gasteiger partial charge in [0, 0.05) is 19.5 Å². The highest BCUT2D eigenvalue weighted by Crippen LogP contribution is 2.48. The Morgan fingerprint density at radius 1 is 1.24 bits per heavy atom. The van der Waals surface area contributed by atoms with Gasteiger partial charge in [-0.25, -0.2) is 12.7 Å². The largest absolute Gasteiger partial charge is 0.243 e. The van der Waals surface area contributed by atoms with E-state index in [2.05, 4.69) is 0 Å². The first-order valence-corrected chi connectivity index (χ1v) is 9.60. The number of halogens is 1. The van der Waals surface area contributed by atoms with Crippen molar-refractivity contribution in [1.29, 1.82) is 0 Å². The summed E-state index contributed by atoms with van der Waals surface area (Å²) in [6.07, 6.45) is 5.12. The molecule has 0 N–H and O–H groups in total. The van der Waals surface area contributed by atoms with Crippen LogP contribution < -0.4 is 0 Å². The third kappa shape index (κ3) is 2.86. The van der Waals surface area contributed by atoms with Crippen LogP contribution in [-0.4, -0.2) is 26.3 Å². The molecule has 0 radical (unpaired) electrons. The lowest BCUT2D eigenvalue weighted by atomic mass is 9.89. The smallest absolute Gasteiger partial charge is 0.207 e. The lowest BCUT2D eigenvalue weighted by Gasteiger charge is -2.27. The van der Waals surface area contributed by atoms with Crippen molar-refractivity contribution in [3.8, 4) is 0 Å². The van der Waals surface area contributed by atoms with Crippen molar-refractivity contribution in [2.75, 3.05) is 13.6 Å². The maximum atomic E-state index is 12.8. The number of hydrogen-bond donors (Lipinski definition) is 0. The van der Waals surface area contributed by atoms with Gasteiger partial charge in [-0.3, -0.25) is 0 Å². The number of sulfonamides is 1. The van der Waals surface area contributed by atoms with E-state index >= 15 is 0 Å². The van der Waals surface area contributed by atoms with Crippen molar-refractivity contribution in [2.45, 2.75) is 36.5 Å². The Morgan fingerprint density at radius 2 is 2.00 bits per heavy atom. The summed E-state index contributed by atoms with van der Waals surface area (Å²) < 4.78 is 27.1. The van der Waals surface area contributed by atoms with Crippen LogP contribution >= 0.6 is 11.6 Å². The van der Waals surface area contributed by atoms with E-state index < -0.39 is 10.0 Å². The summed E-state index contributed by atoms with van der Waals surface area (Å²) in [5.41, 5.74) is 0.680. The molecule has 0 aromatic heterocycles. The van der Waals surface area contributed by atoms with E-state index in [0.717, 1.165) is 11.8 Å². The molecule has 2 fully saturated rings. The zero-order valence-corrected chi connectivity index (χ0v) is 13.9. The van der Waals surface area contributed by atoms with Gasteiger partial charge < -0.3 is 0 Å². The average molecular weight is 328 g/mol. The van der Waals surface area contributed by atoms with Gasteiger partial charge in [-0.05, 0) is 48.6 Å². The minimum absolute atomic E-state index is 0.220. The molecule has 0 amide bonds. The Hall–Kier alpha value is -0.580. The van der Waals surface area contributed by atoms with Crippen molar-refractivity contribution in [1.82, 2.24) is 4.31 Å². The lowest BCUT2D eigenvalue weighted by molar-refractivity contribution is 0.280. The Labute approximate surface area is 132 Å². The van der Waals surface area contributed by atoms with E-state index in [4.69, 9.17) is 11.6 Å². The quantitative estimate of drug-likeness (QED) is 0.776. The molecule has 3 nitrogen and oxygen atoms in total.